The van der Waals surface area contributed by atoms with Crippen LogP contribution in [0.5, 0.6) is 0 Å². The summed E-state index contributed by atoms with van der Waals surface area (Å²) in [6, 6.07) is 8.22. The Morgan fingerprint density at radius 2 is 1.50 bits per heavy atom. The molecule has 4 heteroatoms. The molecule has 2 aromatic heterocycles. The van der Waals surface area contributed by atoms with E-state index in [4.69, 9.17) is 4.52 Å². The smallest absolute Gasteiger partial charge is 0.148 e. The van der Waals surface area contributed by atoms with E-state index in [0.29, 0.717) is 0 Å². The van der Waals surface area contributed by atoms with E-state index in [-0.39, 0.29) is 0 Å². The fourth-order valence-electron chi connectivity index (χ4n) is 2.17. The van der Waals surface area contributed by atoms with E-state index in [1.54, 1.807) is 0 Å². The molecule has 86 valence electrons. The van der Waals surface area contributed by atoms with Gasteiger partial charge in [-0.3, -0.25) is 0 Å². The molecule has 0 saturated heterocycles. The summed E-state index contributed by atoms with van der Waals surface area (Å²) in [5.41, 5.74) is 1.81. The monoisotopic (exact) mass is 236 g/mol. The summed E-state index contributed by atoms with van der Waals surface area (Å²) in [6.07, 6.45) is 4.06. The first-order chi connectivity index (χ1) is 7.59. The summed E-state index contributed by atoms with van der Waals surface area (Å²) >= 11 is 0. The van der Waals surface area contributed by atoms with Crippen LogP contribution in [0.3, 0.4) is 0 Å². The second kappa shape index (κ2) is 4.08. The first kappa shape index (κ1) is 11.4. The highest BCUT2D eigenvalue weighted by Gasteiger charge is 2.33. The van der Waals surface area contributed by atoms with E-state index in [0.717, 1.165) is 11.4 Å². The molecule has 0 spiro atoms. The molecule has 0 bridgehead atoms. The predicted molar refractivity (Wildman–Crippen MR) is 68.1 cm³/mol. The molecule has 1 unspecified atom stereocenters. The van der Waals surface area contributed by atoms with Crippen LogP contribution < -0.4 is 0 Å². The molecule has 0 aromatic carbocycles. The minimum absolute atomic E-state index is 0.443. The molecule has 16 heavy (non-hydrogen) atoms. The van der Waals surface area contributed by atoms with E-state index >= 15 is 0 Å². The summed E-state index contributed by atoms with van der Waals surface area (Å²) in [4.78, 5) is 0. The second-order valence-corrected chi connectivity index (χ2v) is 4.40. The molecular weight excluding hydrogens is 219 g/mol. The molecule has 2 heterocycles. The molecule has 0 N–H and O–H groups in total. The first-order valence-corrected chi connectivity index (χ1v) is 5.68. The number of hydrogen-bond donors (Lipinski definition) is 0. The van der Waals surface area contributed by atoms with Gasteiger partial charge in [0.15, 0.2) is 0 Å². The number of aryl methyl sites for hydroxylation is 2. The topological polar surface area (TPSA) is 19.1 Å². The predicted octanol–water partition coefficient (Wildman–Crippen LogP) is 2.43. The zero-order valence-corrected chi connectivity index (χ0v) is 11.0. The lowest BCUT2D eigenvalue weighted by atomic mass is 9.98. The first-order valence-electron chi connectivity index (χ1n) is 5.21. The molecule has 3 nitrogen and oxygen atoms in total. The van der Waals surface area contributed by atoms with Crippen LogP contribution in [-0.2, 0) is 24.2 Å². The molecule has 0 aliphatic heterocycles. The van der Waals surface area contributed by atoms with E-state index in [1.807, 2.05) is 38.6 Å². The third kappa shape index (κ3) is 1.60. The van der Waals surface area contributed by atoms with Crippen LogP contribution in [0.4, 0.5) is 0 Å². The lowest BCUT2D eigenvalue weighted by Crippen LogP contribution is -2.28. The molecule has 1 atom stereocenters. The second-order valence-electron chi connectivity index (χ2n) is 4.16. The Morgan fingerprint density at radius 3 is 1.75 bits per heavy atom. The Bertz CT molecular complexity index is 446. The minimum Gasteiger partial charge on any atom is -0.352 e. The molecule has 2 rings (SSSR count). The summed E-state index contributed by atoms with van der Waals surface area (Å²) in [7, 11) is 6.43. The molecule has 2 aromatic rings. The highest BCUT2D eigenvalue weighted by molar-refractivity contribution is 7.09. The Kier molecular flexibility index (Phi) is 2.92. The minimum atomic E-state index is -0.443. The molecule has 0 fully saturated rings. The van der Waals surface area contributed by atoms with Crippen molar-refractivity contribution in [2.75, 3.05) is 0 Å². The maximum Gasteiger partial charge on any atom is 0.148 e. The van der Waals surface area contributed by atoms with Gasteiger partial charge >= 0.3 is 0 Å². The zero-order valence-electron chi connectivity index (χ0n) is 9.84. The van der Waals surface area contributed by atoms with Gasteiger partial charge < -0.3 is 13.7 Å². The lowest BCUT2D eigenvalue weighted by Gasteiger charge is -2.29. The molecular formula is C12H17N2OP. The van der Waals surface area contributed by atoms with Crippen LogP contribution in [0.2, 0.25) is 0 Å². The van der Waals surface area contributed by atoms with Gasteiger partial charge in [0.25, 0.3) is 0 Å². The van der Waals surface area contributed by atoms with Gasteiger partial charge in [-0.2, -0.15) is 0 Å². The van der Waals surface area contributed by atoms with Crippen LogP contribution in [0.25, 0.3) is 0 Å². The Balaban J connectivity index is 2.57. The van der Waals surface area contributed by atoms with Gasteiger partial charge in [0.2, 0.25) is 0 Å². The van der Waals surface area contributed by atoms with Crippen molar-refractivity contribution in [2.45, 2.75) is 12.5 Å². The maximum atomic E-state index is 5.66. The fourth-order valence-corrected chi connectivity index (χ4v) is 2.41. The molecule has 0 aliphatic rings. The normalized spacial score (nSPS) is 12.0. The number of rotatable bonds is 3. The van der Waals surface area contributed by atoms with Crippen LogP contribution in [0.15, 0.2) is 36.7 Å². The summed E-state index contributed by atoms with van der Waals surface area (Å²) < 4.78 is 9.82. The summed E-state index contributed by atoms with van der Waals surface area (Å²) in [5, 5.41) is 0. The summed E-state index contributed by atoms with van der Waals surface area (Å²) in [5.74, 6) is 0. The largest absolute Gasteiger partial charge is 0.352 e. The standard InChI is InChI=1S/C12H17N2OP/c1-12(15-16,10-6-4-8-13(10)2)11-7-5-9-14(11)3/h4-9H,16H2,1-3H3. The van der Waals surface area contributed by atoms with Crippen molar-refractivity contribution in [3.63, 3.8) is 0 Å². The number of aromatic nitrogens is 2. The van der Waals surface area contributed by atoms with Gasteiger partial charge in [0, 0.05) is 36.0 Å². The molecule has 0 saturated carbocycles. The molecule has 0 amide bonds. The van der Waals surface area contributed by atoms with Crippen molar-refractivity contribution in [3.05, 3.63) is 48.0 Å². The molecule has 0 radical (unpaired) electrons. The number of hydrogen-bond acceptors (Lipinski definition) is 1. The fraction of sp³-hybridized carbons (Fsp3) is 0.333. The van der Waals surface area contributed by atoms with Gasteiger partial charge in [-0.15, -0.1) is 0 Å². The SMILES string of the molecule is Cn1cccc1C(C)(OP)c1cccn1C. The lowest BCUT2D eigenvalue weighted by molar-refractivity contribution is 0.146. The zero-order chi connectivity index (χ0) is 11.8. The van der Waals surface area contributed by atoms with Crippen molar-refractivity contribution in [2.24, 2.45) is 14.1 Å². The van der Waals surface area contributed by atoms with E-state index < -0.39 is 5.60 Å². The van der Waals surface area contributed by atoms with Gasteiger partial charge in [-0.1, -0.05) is 0 Å². The highest BCUT2D eigenvalue weighted by atomic mass is 31.0. The summed E-state index contributed by atoms with van der Waals surface area (Å²) in [6.45, 7) is 2.07. The number of nitrogens with zero attached hydrogens (tertiary/aromatic N) is 2. The van der Waals surface area contributed by atoms with Gasteiger partial charge in [0.05, 0.1) is 11.4 Å². The Hall–Kier alpha value is -1.05. The van der Waals surface area contributed by atoms with Crippen molar-refractivity contribution < 1.29 is 4.52 Å². The van der Waals surface area contributed by atoms with Gasteiger partial charge in [-0.05, 0) is 31.2 Å². The van der Waals surface area contributed by atoms with Crippen LogP contribution in [0.1, 0.15) is 18.3 Å². The Morgan fingerprint density at radius 1 is 1.06 bits per heavy atom. The highest BCUT2D eigenvalue weighted by Crippen LogP contribution is 2.35. The van der Waals surface area contributed by atoms with E-state index in [1.165, 1.54) is 0 Å². The van der Waals surface area contributed by atoms with E-state index in [9.17, 15) is 0 Å². The van der Waals surface area contributed by atoms with Crippen LogP contribution in [0, 0.1) is 0 Å². The van der Waals surface area contributed by atoms with Crippen molar-refractivity contribution in [3.8, 4) is 0 Å². The van der Waals surface area contributed by atoms with Gasteiger partial charge in [0.1, 0.15) is 5.60 Å². The average Bonchev–Trinajstić information content (AvgIpc) is 2.86. The quantitative estimate of drug-likeness (QED) is 0.749. The van der Waals surface area contributed by atoms with Crippen LogP contribution >= 0.6 is 9.47 Å². The third-order valence-corrected chi connectivity index (χ3v) is 3.57. The average molecular weight is 236 g/mol. The maximum absolute atomic E-state index is 5.66. The third-order valence-electron chi connectivity index (χ3n) is 3.10. The van der Waals surface area contributed by atoms with Crippen molar-refractivity contribution in [1.29, 1.82) is 0 Å². The molecule has 0 aliphatic carbocycles. The Labute approximate surface area is 98.3 Å². The van der Waals surface area contributed by atoms with E-state index in [2.05, 4.69) is 37.7 Å². The van der Waals surface area contributed by atoms with Gasteiger partial charge in [-0.25, -0.2) is 0 Å². The van der Waals surface area contributed by atoms with Crippen LogP contribution in [-0.4, -0.2) is 9.13 Å². The van der Waals surface area contributed by atoms with Crippen molar-refractivity contribution in [1.82, 2.24) is 9.13 Å². The van der Waals surface area contributed by atoms with Crippen molar-refractivity contribution >= 4 is 9.47 Å².